The number of oxazole rings is 1. The third kappa shape index (κ3) is 2.90. The second kappa shape index (κ2) is 5.63. The molecule has 1 heterocycles. The first-order chi connectivity index (χ1) is 10.9. The molecule has 0 amide bonds. The molecule has 0 spiro atoms. The van der Waals surface area contributed by atoms with Crippen molar-refractivity contribution in [3.05, 3.63) is 57.4 Å². The number of benzene rings is 2. The monoisotopic (exact) mass is 397 g/mol. The summed E-state index contributed by atoms with van der Waals surface area (Å²) in [6.07, 6.45) is 1.21. The number of nitro groups is 1. The van der Waals surface area contributed by atoms with Crippen LogP contribution in [0.2, 0.25) is 0 Å². The Kier molecular flexibility index (Phi) is 3.78. The number of nitro benzene ring substituents is 1. The van der Waals surface area contributed by atoms with E-state index in [0.29, 0.717) is 11.1 Å². The van der Waals surface area contributed by atoms with Crippen LogP contribution in [0.1, 0.15) is 0 Å². The molecule has 0 aliphatic heterocycles. The van der Waals surface area contributed by atoms with Crippen LogP contribution in [-0.4, -0.2) is 18.3 Å². The van der Waals surface area contributed by atoms with Crippen LogP contribution in [-0.2, 0) is 10.0 Å². The van der Waals surface area contributed by atoms with Gasteiger partial charge in [-0.1, -0.05) is 6.07 Å². The van der Waals surface area contributed by atoms with E-state index in [1.54, 1.807) is 18.2 Å². The van der Waals surface area contributed by atoms with Gasteiger partial charge in [-0.05, 0) is 40.2 Å². The molecule has 0 unspecified atom stereocenters. The molecule has 1 N–H and O–H groups in total. The number of anilines is 1. The predicted octanol–water partition coefficient (Wildman–Crippen LogP) is 3.30. The fourth-order valence-electron chi connectivity index (χ4n) is 1.98. The van der Waals surface area contributed by atoms with E-state index in [0.717, 1.165) is 12.1 Å². The van der Waals surface area contributed by atoms with E-state index >= 15 is 0 Å². The van der Waals surface area contributed by atoms with Crippen molar-refractivity contribution in [2.24, 2.45) is 0 Å². The van der Waals surface area contributed by atoms with Crippen LogP contribution < -0.4 is 4.72 Å². The molecule has 3 aromatic rings. The molecule has 1 aromatic heterocycles. The lowest BCUT2D eigenvalue weighted by Gasteiger charge is -2.08. The van der Waals surface area contributed by atoms with Crippen molar-refractivity contribution in [3.8, 4) is 0 Å². The summed E-state index contributed by atoms with van der Waals surface area (Å²) in [4.78, 5) is 14.0. The fraction of sp³-hybridized carbons (Fsp3) is 0. The summed E-state index contributed by atoms with van der Waals surface area (Å²) in [7, 11) is -3.93. The molecule has 0 aliphatic carbocycles. The van der Waals surface area contributed by atoms with Crippen LogP contribution in [0.25, 0.3) is 11.1 Å². The number of fused-ring (bicyclic) bond motifs is 1. The van der Waals surface area contributed by atoms with Gasteiger partial charge in [0.15, 0.2) is 12.0 Å². The molecule has 10 heteroatoms. The minimum atomic E-state index is -3.93. The Morgan fingerprint density at radius 3 is 2.74 bits per heavy atom. The maximum absolute atomic E-state index is 12.4. The van der Waals surface area contributed by atoms with E-state index in [9.17, 15) is 18.5 Å². The van der Waals surface area contributed by atoms with Crippen molar-refractivity contribution in [3.63, 3.8) is 0 Å². The lowest BCUT2D eigenvalue weighted by atomic mass is 10.3. The average Bonchev–Trinajstić information content (AvgIpc) is 2.96. The second-order valence-corrected chi connectivity index (χ2v) is 7.02. The molecule has 0 atom stereocenters. The van der Waals surface area contributed by atoms with Gasteiger partial charge in [0.2, 0.25) is 0 Å². The minimum absolute atomic E-state index is 0.0741. The van der Waals surface area contributed by atoms with Gasteiger partial charge in [0, 0.05) is 6.07 Å². The highest BCUT2D eigenvalue weighted by Gasteiger charge is 2.20. The van der Waals surface area contributed by atoms with Crippen LogP contribution in [0.5, 0.6) is 0 Å². The average molecular weight is 398 g/mol. The molecular formula is C13H8BrN3O5S. The number of nitrogens with one attached hydrogen (secondary N) is 1. The van der Waals surface area contributed by atoms with Crippen molar-refractivity contribution in [1.29, 1.82) is 0 Å². The van der Waals surface area contributed by atoms with Crippen molar-refractivity contribution in [2.75, 3.05) is 4.72 Å². The topological polar surface area (TPSA) is 115 Å². The Morgan fingerprint density at radius 1 is 1.26 bits per heavy atom. The first-order valence-electron chi connectivity index (χ1n) is 6.17. The molecule has 2 aromatic carbocycles. The number of hydrogen-bond donors (Lipinski definition) is 1. The maximum atomic E-state index is 12.4. The van der Waals surface area contributed by atoms with Crippen LogP contribution in [0, 0.1) is 10.1 Å². The van der Waals surface area contributed by atoms with Gasteiger partial charge < -0.3 is 4.42 Å². The smallest absolute Gasteiger partial charge is 0.283 e. The lowest BCUT2D eigenvalue weighted by Crippen LogP contribution is -2.13. The summed E-state index contributed by atoms with van der Waals surface area (Å²) in [5.74, 6) is 0. The molecule has 0 radical (unpaired) electrons. The summed E-state index contributed by atoms with van der Waals surface area (Å²) >= 11 is 3.00. The number of nitrogens with zero attached hydrogens (tertiary/aromatic N) is 2. The summed E-state index contributed by atoms with van der Waals surface area (Å²) in [6.45, 7) is 0. The standard InChI is InChI=1S/C13H8BrN3O5S/c14-9-6-8(4-5-11(9)17(18)19)23(20,21)16-10-2-1-3-12-13(10)15-7-22-12/h1-7,16H. The van der Waals surface area contributed by atoms with E-state index in [1.165, 1.54) is 12.5 Å². The van der Waals surface area contributed by atoms with Gasteiger partial charge in [0.25, 0.3) is 15.7 Å². The highest BCUT2D eigenvalue weighted by Crippen LogP contribution is 2.29. The van der Waals surface area contributed by atoms with Gasteiger partial charge >= 0.3 is 0 Å². The third-order valence-corrected chi connectivity index (χ3v) is 5.03. The quantitative estimate of drug-likeness (QED) is 0.533. The van der Waals surface area contributed by atoms with Gasteiger partial charge in [-0.2, -0.15) is 0 Å². The number of para-hydroxylation sites is 1. The van der Waals surface area contributed by atoms with E-state index in [2.05, 4.69) is 25.6 Å². The zero-order valence-corrected chi connectivity index (χ0v) is 13.7. The van der Waals surface area contributed by atoms with Crippen molar-refractivity contribution in [1.82, 2.24) is 4.98 Å². The zero-order chi connectivity index (χ0) is 16.6. The van der Waals surface area contributed by atoms with Crippen LogP contribution in [0.3, 0.4) is 0 Å². The van der Waals surface area contributed by atoms with Crippen LogP contribution in [0.4, 0.5) is 11.4 Å². The maximum Gasteiger partial charge on any atom is 0.283 e. The van der Waals surface area contributed by atoms with Crippen molar-refractivity contribution < 1.29 is 17.8 Å². The Balaban J connectivity index is 2.01. The Bertz CT molecular complexity index is 1020. The van der Waals surface area contributed by atoms with E-state index in [4.69, 9.17) is 4.42 Å². The molecular weight excluding hydrogens is 390 g/mol. The van der Waals surface area contributed by atoms with E-state index < -0.39 is 14.9 Å². The lowest BCUT2D eigenvalue weighted by molar-refractivity contribution is -0.385. The fourth-order valence-corrected chi connectivity index (χ4v) is 3.74. The van der Waals surface area contributed by atoms with E-state index in [-0.39, 0.29) is 20.7 Å². The first kappa shape index (κ1) is 15.4. The molecule has 0 saturated carbocycles. The highest BCUT2D eigenvalue weighted by molar-refractivity contribution is 9.10. The molecule has 0 saturated heterocycles. The van der Waals surface area contributed by atoms with Gasteiger partial charge in [0.1, 0.15) is 5.52 Å². The molecule has 118 valence electrons. The largest absolute Gasteiger partial charge is 0.443 e. The summed E-state index contributed by atoms with van der Waals surface area (Å²) in [6, 6.07) is 8.27. The van der Waals surface area contributed by atoms with Crippen LogP contribution >= 0.6 is 15.9 Å². The number of hydrogen-bond acceptors (Lipinski definition) is 6. The normalized spacial score (nSPS) is 11.5. The molecule has 0 aliphatic rings. The number of rotatable bonds is 4. The molecule has 23 heavy (non-hydrogen) atoms. The summed E-state index contributed by atoms with van der Waals surface area (Å²) in [5, 5.41) is 10.8. The first-order valence-corrected chi connectivity index (χ1v) is 8.45. The number of halogens is 1. The number of aromatic nitrogens is 1. The zero-order valence-electron chi connectivity index (χ0n) is 11.3. The van der Waals surface area contributed by atoms with Crippen molar-refractivity contribution in [2.45, 2.75) is 4.90 Å². The van der Waals surface area contributed by atoms with Gasteiger partial charge in [-0.3, -0.25) is 14.8 Å². The predicted molar refractivity (Wildman–Crippen MR) is 85.6 cm³/mol. The van der Waals surface area contributed by atoms with Crippen LogP contribution in [0.15, 0.2) is 56.6 Å². The Morgan fingerprint density at radius 2 is 2.04 bits per heavy atom. The van der Waals surface area contributed by atoms with Gasteiger partial charge in [0.05, 0.1) is 20.0 Å². The highest BCUT2D eigenvalue weighted by atomic mass is 79.9. The number of sulfonamides is 1. The molecule has 3 rings (SSSR count). The molecule has 0 bridgehead atoms. The molecule has 8 nitrogen and oxygen atoms in total. The van der Waals surface area contributed by atoms with E-state index in [1.807, 2.05) is 0 Å². The third-order valence-electron chi connectivity index (χ3n) is 3.03. The summed E-state index contributed by atoms with van der Waals surface area (Å²) in [5.41, 5.74) is 0.848. The van der Waals surface area contributed by atoms with Crippen molar-refractivity contribution >= 4 is 48.4 Å². The van der Waals surface area contributed by atoms with Gasteiger partial charge in [-0.25, -0.2) is 13.4 Å². The molecule has 0 fully saturated rings. The van der Waals surface area contributed by atoms with Gasteiger partial charge in [-0.15, -0.1) is 0 Å². The summed E-state index contributed by atoms with van der Waals surface area (Å²) < 4.78 is 32.5. The minimum Gasteiger partial charge on any atom is -0.443 e. The second-order valence-electron chi connectivity index (χ2n) is 4.48. The Hall–Kier alpha value is -2.46. The SMILES string of the molecule is O=[N+]([O-])c1ccc(S(=O)(=O)Nc2cccc3ocnc23)cc1Br. The Labute approximate surface area is 138 Å².